The molecule has 6 nitrogen and oxygen atoms in total. The molecule has 1 spiro atoms. The molecule has 4 aliphatic heterocycles. The summed E-state index contributed by atoms with van der Waals surface area (Å²) in [6, 6.07) is 11.5. The molecule has 0 unspecified atom stereocenters. The summed E-state index contributed by atoms with van der Waals surface area (Å²) in [6.45, 7) is 6.70. The fourth-order valence-corrected chi connectivity index (χ4v) is 6.61. The molecule has 3 fully saturated rings. The van der Waals surface area contributed by atoms with Crippen LogP contribution < -0.4 is 10.2 Å². The van der Waals surface area contributed by atoms with Crippen molar-refractivity contribution in [1.29, 1.82) is 0 Å². The third kappa shape index (κ3) is 2.13. The monoisotopic (exact) mass is 415 g/mol. The molecule has 0 aromatic heterocycles. The summed E-state index contributed by atoms with van der Waals surface area (Å²) in [5.41, 5.74) is 4.26. The molecule has 0 bridgehead atoms. The van der Waals surface area contributed by atoms with E-state index in [4.69, 9.17) is 0 Å². The number of nitrogens with zero attached hydrogens (tertiary/aromatic N) is 2. The molecule has 4 atom stereocenters. The van der Waals surface area contributed by atoms with Gasteiger partial charge in [-0.2, -0.15) is 0 Å². The number of nitrogens with one attached hydrogen (secondary N) is 1. The second-order valence-corrected chi connectivity index (χ2v) is 9.48. The summed E-state index contributed by atoms with van der Waals surface area (Å²) in [6.07, 6.45) is 1.76. The van der Waals surface area contributed by atoms with Gasteiger partial charge in [0.05, 0.1) is 17.5 Å². The van der Waals surface area contributed by atoms with Crippen molar-refractivity contribution in [1.82, 2.24) is 4.90 Å². The Labute approximate surface area is 181 Å². The molecule has 31 heavy (non-hydrogen) atoms. The third-order valence-corrected chi connectivity index (χ3v) is 7.74. The maximum Gasteiger partial charge on any atom is 0.250 e. The molecule has 4 heterocycles. The molecule has 2 aromatic carbocycles. The van der Waals surface area contributed by atoms with Crippen LogP contribution in [0.3, 0.4) is 0 Å². The number of aryl methyl sites for hydroxylation is 3. The largest absolute Gasteiger partial charge is 0.324 e. The summed E-state index contributed by atoms with van der Waals surface area (Å²) in [7, 11) is 0. The zero-order chi connectivity index (χ0) is 21.7. The summed E-state index contributed by atoms with van der Waals surface area (Å²) < 4.78 is 0. The van der Waals surface area contributed by atoms with Gasteiger partial charge in [-0.3, -0.25) is 19.3 Å². The first-order valence-corrected chi connectivity index (χ1v) is 11.0. The van der Waals surface area contributed by atoms with Crippen LogP contribution in [0.5, 0.6) is 0 Å². The van der Waals surface area contributed by atoms with E-state index in [1.165, 1.54) is 4.90 Å². The van der Waals surface area contributed by atoms with Gasteiger partial charge in [-0.25, -0.2) is 4.90 Å². The lowest BCUT2D eigenvalue weighted by molar-refractivity contribution is -0.135. The first kappa shape index (κ1) is 18.8. The Bertz CT molecular complexity index is 1170. The quantitative estimate of drug-likeness (QED) is 0.727. The Kier molecular flexibility index (Phi) is 3.65. The summed E-state index contributed by atoms with van der Waals surface area (Å²) >= 11 is 0. The highest BCUT2D eigenvalue weighted by Gasteiger charge is 2.74. The van der Waals surface area contributed by atoms with Crippen LogP contribution in [0.4, 0.5) is 11.4 Å². The van der Waals surface area contributed by atoms with E-state index in [0.29, 0.717) is 5.69 Å². The molecular weight excluding hydrogens is 390 g/mol. The first-order valence-electron chi connectivity index (χ1n) is 11.0. The van der Waals surface area contributed by atoms with Crippen molar-refractivity contribution in [3.63, 3.8) is 0 Å². The number of fused-ring (bicyclic) bond motifs is 7. The van der Waals surface area contributed by atoms with Gasteiger partial charge in [0.25, 0.3) is 0 Å². The highest BCUT2D eigenvalue weighted by atomic mass is 16.2. The van der Waals surface area contributed by atoms with E-state index in [2.05, 4.69) is 10.2 Å². The molecule has 1 N–H and O–H groups in total. The zero-order valence-corrected chi connectivity index (χ0v) is 17.9. The second kappa shape index (κ2) is 6.04. The number of carbonyl (C=O) groups is 3. The molecule has 0 saturated carbocycles. The summed E-state index contributed by atoms with van der Waals surface area (Å²) in [5, 5.41) is 3.09. The Hall–Kier alpha value is -2.99. The van der Waals surface area contributed by atoms with Gasteiger partial charge in [-0.15, -0.1) is 0 Å². The fraction of sp³-hybridized carbons (Fsp3) is 0.400. The molecule has 4 aliphatic rings. The number of anilines is 2. The maximum atomic E-state index is 13.9. The smallest absolute Gasteiger partial charge is 0.250 e. The molecule has 158 valence electrons. The molecule has 3 saturated heterocycles. The van der Waals surface area contributed by atoms with E-state index >= 15 is 0 Å². The maximum absolute atomic E-state index is 13.9. The van der Waals surface area contributed by atoms with E-state index in [-0.39, 0.29) is 23.8 Å². The Morgan fingerprint density at radius 1 is 0.968 bits per heavy atom. The molecule has 6 heteroatoms. The Morgan fingerprint density at radius 3 is 2.45 bits per heavy atom. The number of hydrogen-bond acceptors (Lipinski definition) is 4. The highest BCUT2D eigenvalue weighted by Crippen LogP contribution is 2.61. The topological polar surface area (TPSA) is 69.7 Å². The summed E-state index contributed by atoms with van der Waals surface area (Å²) in [4.78, 5) is 44.8. The van der Waals surface area contributed by atoms with Gasteiger partial charge >= 0.3 is 0 Å². The minimum absolute atomic E-state index is 0.0885. The van der Waals surface area contributed by atoms with Crippen molar-refractivity contribution in [2.45, 2.75) is 45.2 Å². The molecule has 0 aliphatic carbocycles. The van der Waals surface area contributed by atoms with Gasteiger partial charge in [-0.05, 0) is 57.9 Å². The van der Waals surface area contributed by atoms with E-state index in [9.17, 15) is 14.4 Å². The standard InChI is InChI=1S/C25H25N3O3/c1-13-6-8-16(9-7-13)28-22(29)19-18-5-4-10-27(18)25(20(19)23(28)30)17-12-14(2)11-15(3)21(17)26-24(25)31/h6-9,11-12,18-20H,4-5,10H2,1-3H3,(H,26,31)/t18-,19+,20-,25+/m0/s1. The van der Waals surface area contributed by atoms with Crippen molar-refractivity contribution in [3.05, 3.63) is 58.7 Å². The number of amides is 3. The SMILES string of the molecule is Cc1ccc(N2C(=O)[C@H]3[C@@H](C2=O)[C@]2(C(=O)Nc4c(C)cc(C)cc42)N2CCC[C@@H]32)cc1. The zero-order valence-electron chi connectivity index (χ0n) is 17.9. The van der Waals surface area contributed by atoms with Crippen LogP contribution in [0.25, 0.3) is 0 Å². The lowest BCUT2D eigenvalue weighted by atomic mass is 9.75. The van der Waals surface area contributed by atoms with E-state index in [0.717, 1.165) is 47.3 Å². The van der Waals surface area contributed by atoms with Gasteiger partial charge in [0.15, 0.2) is 0 Å². The minimum Gasteiger partial charge on any atom is -0.324 e. The van der Waals surface area contributed by atoms with E-state index in [1.54, 1.807) is 0 Å². The Balaban J connectivity index is 1.57. The normalized spacial score (nSPS) is 31.4. The predicted octanol–water partition coefficient (Wildman–Crippen LogP) is 3.04. The fourth-order valence-electron chi connectivity index (χ4n) is 6.61. The lowest BCUT2D eigenvalue weighted by Crippen LogP contribution is -2.54. The van der Waals surface area contributed by atoms with Crippen LogP contribution >= 0.6 is 0 Å². The molecule has 3 amide bonds. The number of hydrogen-bond donors (Lipinski definition) is 1. The van der Waals surface area contributed by atoms with Crippen LogP contribution in [0, 0.1) is 32.6 Å². The molecule has 0 radical (unpaired) electrons. The van der Waals surface area contributed by atoms with Crippen molar-refractivity contribution in [3.8, 4) is 0 Å². The van der Waals surface area contributed by atoms with Crippen molar-refractivity contribution < 1.29 is 14.4 Å². The van der Waals surface area contributed by atoms with Gasteiger partial charge < -0.3 is 5.32 Å². The average Bonchev–Trinajstić information content (AvgIpc) is 3.42. The van der Waals surface area contributed by atoms with Crippen LogP contribution in [0.1, 0.15) is 35.1 Å². The average molecular weight is 415 g/mol. The molecular formula is C25H25N3O3. The van der Waals surface area contributed by atoms with Crippen LogP contribution in [0.15, 0.2) is 36.4 Å². The van der Waals surface area contributed by atoms with E-state index < -0.39 is 17.4 Å². The van der Waals surface area contributed by atoms with Crippen LogP contribution in [-0.4, -0.2) is 35.2 Å². The third-order valence-electron chi connectivity index (χ3n) is 7.74. The lowest BCUT2D eigenvalue weighted by Gasteiger charge is -2.36. The first-order chi connectivity index (χ1) is 14.9. The van der Waals surface area contributed by atoms with Crippen molar-refractivity contribution in [2.24, 2.45) is 11.8 Å². The summed E-state index contributed by atoms with van der Waals surface area (Å²) in [5.74, 6) is -1.78. The number of imide groups is 1. The van der Waals surface area contributed by atoms with Crippen molar-refractivity contribution in [2.75, 3.05) is 16.8 Å². The number of benzene rings is 2. The van der Waals surface area contributed by atoms with Gasteiger partial charge in [-0.1, -0.05) is 35.4 Å². The van der Waals surface area contributed by atoms with E-state index in [1.807, 2.05) is 57.2 Å². The second-order valence-electron chi connectivity index (χ2n) is 9.48. The van der Waals surface area contributed by atoms with Crippen LogP contribution in [0.2, 0.25) is 0 Å². The van der Waals surface area contributed by atoms with Crippen LogP contribution in [-0.2, 0) is 19.9 Å². The molecule has 6 rings (SSSR count). The van der Waals surface area contributed by atoms with Gasteiger partial charge in [0.1, 0.15) is 5.54 Å². The Morgan fingerprint density at radius 2 is 1.71 bits per heavy atom. The minimum atomic E-state index is -1.11. The number of rotatable bonds is 1. The highest BCUT2D eigenvalue weighted by molar-refractivity contribution is 6.26. The van der Waals surface area contributed by atoms with Crippen molar-refractivity contribution >= 4 is 29.1 Å². The predicted molar refractivity (Wildman–Crippen MR) is 117 cm³/mol. The molecule has 2 aromatic rings. The van der Waals surface area contributed by atoms with Gasteiger partial charge in [0, 0.05) is 17.3 Å². The van der Waals surface area contributed by atoms with Gasteiger partial charge in [0.2, 0.25) is 17.7 Å². The number of carbonyl (C=O) groups excluding carboxylic acids is 3.